The summed E-state index contributed by atoms with van der Waals surface area (Å²) in [5.41, 5.74) is -0.972. The number of aromatic hydroxyl groups is 1. The first kappa shape index (κ1) is 24.5. The van der Waals surface area contributed by atoms with Gasteiger partial charge < -0.3 is 5.11 Å². The normalized spacial score (nSPS) is 12.3. The molecule has 0 aromatic heterocycles. The summed E-state index contributed by atoms with van der Waals surface area (Å²) >= 11 is 0. The van der Waals surface area contributed by atoms with Crippen LogP contribution in [0.2, 0.25) is 0 Å². The molecule has 0 spiro atoms. The lowest BCUT2D eigenvalue weighted by atomic mass is 10.2. The van der Waals surface area contributed by atoms with Crippen molar-refractivity contribution in [3.05, 3.63) is 72.8 Å². The van der Waals surface area contributed by atoms with Gasteiger partial charge in [-0.1, -0.05) is 36.4 Å². The van der Waals surface area contributed by atoms with Crippen LogP contribution in [0.1, 0.15) is 0 Å². The molecular formula is C20H20N2O8S3. The van der Waals surface area contributed by atoms with E-state index in [2.05, 4.69) is 0 Å². The van der Waals surface area contributed by atoms with Crippen LogP contribution in [0, 0.1) is 0 Å². The number of hydrogen-bond donors (Lipinski definition) is 2. The Morgan fingerprint density at radius 1 is 0.636 bits per heavy atom. The molecule has 3 aromatic carbocycles. The summed E-state index contributed by atoms with van der Waals surface area (Å²) in [5.74, 6) is -0.807. The topological polar surface area (TPSA) is 149 Å². The minimum absolute atomic E-state index is 0.113. The first-order valence-corrected chi connectivity index (χ1v) is 13.5. The highest BCUT2D eigenvalue weighted by atomic mass is 32.2. The summed E-state index contributed by atoms with van der Waals surface area (Å²) in [4.78, 5) is -1.21. The summed E-state index contributed by atoms with van der Waals surface area (Å²) < 4.78 is 86.9. The number of rotatable bonds is 7. The van der Waals surface area contributed by atoms with Gasteiger partial charge in [0.25, 0.3) is 30.2 Å². The van der Waals surface area contributed by atoms with Gasteiger partial charge in [-0.3, -0.25) is 13.2 Å². The number of benzene rings is 3. The van der Waals surface area contributed by atoms with Crippen LogP contribution < -0.4 is 8.61 Å². The van der Waals surface area contributed by atoms with Crippen molar-refractivity contribution >= 4 is 41.5 Å². The van der Waals surface area contributed by atoms with Gasteiger partial charge >= 0.3 is 0 Å². The molecule has 0 unspecified atom stereocenters. The van der Waals surface area contributed by atoms with Gasteiger partial charge in [-0.15, -0.1) is 0 Å². The Morgan fingerprint density at radius 3 is 1.42 bits per heavy atom. The predicted molar refractivity (Wildman–Crippen MR) is 122 cm³/mol. The molecule has 0 amide bonds. The van der Waals surface area contributed by atoms with Crippen molar-refractivity contribution in [2.45, 2.75) is 14.7 Å². The van der Waals surface area contributed by atoms with Gasteiger partial charge in [0.2, 0.25) is 0 Å². The number of nitrogens with zero attached hydrogens (tertiary/aromatic N) is 2. The van der Waals surface area contributed by atoms with Gasteiger partial charge in [-0.2, -0.15) is 8.42 Å². The second-order valence-electron chi connectivity index (χ2n) is 6.85. The minimum atomic E-state index is -5.01. The molecule has 0 heterocycles. The van der Waals surface area contributed by atoms with E-state index in [4.69, 9.17) is 0 Å². The molecule has 2 N–H and O–H groups in total. The maximum atomic E-state index is 13.1. The molecule has 0 bridgehead atoms. The molecule has 0 fully saturated rings. The predicted octanol–water partition coefficient (Wildman–Crippen LogP) is 2.29. The molecule has 176 valence electrons. The number of anilines is 2. The van der Waals surface area contributed by atoms with Crippen molar-refractivity contribution in [3.63, 3.8) is 0 Å². The minimum Gasteiger partial charge on any atom is -0.506 e. The smallest absolute Gasteiger partial charge is 0.296 e. The van der Waals surface area contributed by atoms with Gasteiger partial charge in [-0.05, 0) is 30.3 Å². The van der Waals surface area contributed by atoms with Gasteiger partial charge in [0.05, 0.1) is 21.2 Å². The van der Waals surface area contributed by atoms with Crippen LogP contribution in [-0.2, 0) is 30.2 Å². The van der Waals surface area contributed by atoms with Crippen molar-refractivity contribution in [1.29, 1.82) is 0 Å². The molecule has 3 rings (SSSR count). The summed E-state index contributed by atoms with van der Waals surface area (Å²) in [5, 5.41) is 10.4. The molecule has 0 saturated heterocycles. The molecule has 0 saturated carbocycles. The average molecular weight is 513 g/mol. The SMILES string of the molecule is CN(c1cc(N(C)S(=O)(=O)c2ccccc2)c(S(=O)(=O)O)cc1O)S(=O)(=O)c1ccccc1. The van der Waals surface area contributed by atoms with Gasteiger partial charge in [0, 0.05) is 20.2 Å². The van der Waals surface area contributed by atoms with Gasteiger partial charge in [0.15, 0.2) is 0 Å². The molecule has 10 nitrogen and oxygen atoms in total. The zero-order valence-electron chi connectivity index (χ0n) is 17.4. The largest absolute Gasteiger partial charge is 0.506 e. The molecule has 0 aliphatic carbocycles. The van der Waals surface area contributed by atoms with E-state index in [-0.39, 0.29) is 9.79 Å². The molecule has 13 heteroatoms. The third-order valence-corrected chi connectivity index (χ3v) is 9.27. The Morgan fingerprint density at radius 2 is 1.03 bits per heavy atom. The lowest BCUT2D eigenvalue weighted by Gasteiger charge is -2.26. The number of sulfonamides is 2. The van der Waals surface area contributed by atoms with Crippen LogP contribution in [0.4, 0.5) is 11.4 Å². The van der Waals surface area contributed by atoms with Crippen molar-refractivity contribution in [2.24, 2.45) is 0 Å². The highest BCUT2D eigenvalue weighted by molar-refractivity contribution is 7.93. The Labute approximate surface area is 192 Å². The second-order valence-corrected chi connectivity index (χ2v) is 12.2. The summed E-state index contributed by atoms with van der Waals surface area (Å²) in [6.07, 6.45) is 0. The van der Waals surface area contributed by atoms with E-state index in [1.54, 1.807) is 12.1 Å². The summed E-state index contributed by atoms with van der Waals surface area (Å²) in [6, 6.07) is 15.8. The van der Waals surface area contributed by atoms with Crippen molar-refractivity contribution < 1.29 is 34.9 Å². The quantitative estimate of drug-likeness (QED) is 0.458. The van der Waals surface area contributed by atoms with Crippen molar-refractivity contribution in [1.82, 2.24) is 0 Å². The molecular weight excluding hydrogens is 492 g/mol. The Hall–Kier alpha value is -3.13. The standard InChI is InChI=1S/C20H20N2O8S3/c1-21(31(24,25)15-9-5-3-6-10-15)17-13-18(20(14-19(17)23)33(28,29)30)22(2)32(26,27)16-11-7-4-8-12-16/h3-14,23H,1-2H3,(H,28,29,30). The zero-order valence-corrected chi connectivity index (χ0v) is 19.8. The van der Waals surface area contributed by atoms with E-state index in [9.17, 15) is 34.9 Å². The second kappa shape index (κ2) is 8.67. The molecule has 0 radical (unpaired) electrons. The highest BCUT2D eigenvalue weighted by Gasteiger charge is 2.31. The molecule has 0 aliphatic heterocycles. The monoisotopic (exact) mass is 512 g/mol. The molecule has 0 aliphatic rings. The van der Waals surface area contributed by atoms with Gasteiger partial charge in [0.1, 0.15) is 10.6 Å². The van der Waals surface area contributed by atoms with Crippen LogP contribution in [0.5, 0.6) is 5.75 Å². The van der Waals surface area contributed by atoms with Gasteiger partial charge in [-0.25, -0.2) is 16.8 Å². The fourth-order valence-electron chi connectivity index (χ4n) is 3.01. The lowest BCUT2D eigenvalue weighted by molar-refractivity contribution is 0.467. The number of phenols is 1. The average Bonchev–Trinajstić information content (AvgIpc) is 2.78. The highest BCUT2D eigenvalue weighted by Crippen LogP contribution is 2.40. The third kappa shape index (κ3) is 4.66. The first-order chi connectivity index (χ1) is 15.3. The van der Waals surface area contributed by atoms with E-state index >= 15 is 0 Å². The number of hydrogen-bond acceptors (Lipinski definition) is 7. The van der Waals surface area contributed by atoms with Crippen molar-refractivity contribution in [3.8, 4) is 5.75 Å². The van der Waals surface area contributed by atoms with E-state index in [0.717, 1.165) is 20.2 Å². The van der Waals surface area contributed by atoms with E-state index in [1.807, 2.05) is 0 Å². The van der Waals surface area contributed by atoms with Crippen molar-refractivity contribution in [2.75, 3.05) is 22.7 Å². The van der Waals surface area contributed by atoms with E-state index in [0.29, 0.717) is 14.7 Å². The van der Waals surface area contributed by atoms with E-state index < -0.39 is 52.2 Å². The molecule has 33 heavy (non-hydrogen) atoms. The number of phenolic OH excluding ortho intramolecular Hbond substituents is 1. The van der Waals surface area contributed by atoms with Crippen LogP contribution in [0.25, 0.3) is 0 Å². The Bertz CT molecular complexity index is 1490. The molecule has 0 atom stereocenters. The first-order valence-electron chi connectivity index (χ1n) is 9.20. The summed E-state index contributed by atoms with van der Waals surface area (Å²) in [6.45, 7) is 0. The maximum absolute atomic E-state index is 13.1. The third-order valence-electron chi connectivity index (χ3n) is 4.82. The van der Waals surface area contributed by atoms with Crippen LogP contribution in [-0.4, -0.2) is 49.0 Å². The Kier molecular flexibility index (Phi) is 6.44. The van der Waals surface area contributed by atoms with Crippen LogP contribution in [0.3, 0.4) is 0 Å². The summed E-state index contributed by atoms with van der Waals surface area (Å²) in [7, 11) is -11.4. The van der Waals surface area contributed by atoms with E-state index in [1.165, 1.54) is 48.5 Å². The fraction of sp³-hybridized carbons (Fsp3) is 0.100. The van der Waals surface area contributed by atoms with Crippen LogP contribution >= 0.6 is 0 Å². The lowest BCUT2D eigenvalue weighted by Crippen LogP contribution is -2.30. The maximum Gasteiger partial charge on any atom is 0.296 e. The zero-order chi connectivity index (χ0) is 24.6. The Balaban J connectivity index is 2.23. The van der Waals surface area contributed by atoms with Crippen LogP contribution in [0.15, 0.2) is 87.5 Å². The molecule has 3 aromatic rings. The fourth-order valence-corrected chi connectivity index (χ4v) is 6.24.